The van der Waals surface area contributed by atoms with Gasteiger partial charge in [0, 0.05) is 41.9 Å². The number of fused-ring (bicyclic) bond motifs is 1. The van der Waals surface area contributed by atoms with Gasteiger partial charge in [0.2, 0.25) is 0 Å². The van der Waals surface area contributed by atoms with Crippen molar-refractivity contribution in [3.8, 4) is 0 Å². The van der Waals surface area contributed by atoms with Gasteiger partial charge in [-0.05, 0) is 56.6 Å². The average molecular weight is 410 g/mol. The summed E-state index contributed by atoms with van der Waals surface area (Å²) in [5, 5.41) is 3.18. The van der Waals surface area contributed by atoms with Gasteiger partial charge >= 0.3 is 0 Å². The Bertz CT molecular complexity index is 852. The molecule has 0 spiro atoms. The molecule has 0 radical (unpaired) electrons. The number of likely N-dealkylation sites (tertiary alicyclic amines) is 1. The molecule has 1 atom stereocenters. The molecule has 2 aromatic carbocycles. The quantitative estimate of drug-likeness (QED) is 0.771. The second kappa shape index (κ2) is 9.23. The molecule has 5 heteroatoms. The number of nitrogens with zero attached hydrogens (tertiary/aromatic N) is 2. The topological polar surface area (TPSA) is 35.6 Å². The van der Waals surface area contributed by atoms with Crippen LogP contribution in [-0.4, -0.2) is 48.8 Å². The van der Waals surface area contributed by atoms with E-state index >= 15 is 0 Å². The average Bonchev–Trinajstić information content (AvgIpc) is 3.21. The first-order chi connectivity index (χ1) is 14.1. The second-order valence-corrected chi connectivity index (χ2v) is 9.21. The number of anilines is 1. The third-order valence-electron chi connectivity index (χ3n) is 6.08. The van der Waals surface area contributed by atoms with E-state index in [-0.39, 0.29) is 5.91 Å². The molecule has 2 heterocycles. The number of amides is 1. The Kier molecular flexibility index (Phi) is 6.46. The maximum atomic E-state index is 12.8. The summed E-state index contributed by atoms with van der Waals surface area (Å²) in [6.45, 7) is 9.16. The molecule has 4 nitrogen and oxygen atoms in total. The fourth-order valence-electron chi connectivity index (χ4n) is 4.35. The molecule has 1 fully saturated rings. The van der Waals surface area contributed by atoms with Gasteiger partial charge in [0.15, 0.2) is 0 Å². The monoisotopic (exact) mass is 409 g/mol. The summed E-state index contributed by atoms with van der Waals surface area (Å²) in [4.78, 5) is 19.0. The molecule has 1 amide bonds. The van der Waals surface area contributed by atoms with Crippen LogP contribution in [0.15, 0.2) is 47.4 Å². The smallest absolute Gasteiger partial charge is 0.251 e. The van der Waals surface area contributed by atoms with Crippen LogP contribution < -0.4 is 10.2 Å². The Labute approximate surface area is 178 Å². The molecule has 2 aliphatic heterocycles. The lowest BCUT2D eigenvalue weighted by Gasteiger charge is -2.31. The molecule has 154 valence electrons. The minimum atomic E-state index is 0.0432. The van der Waals surface area contributed by atoms with Gasteiger partial charge in [-0.15, -0.1) is 11.8 Å². The largest absolute Gasteiger partial charge is 0.365 e. The van der Waals surface area contributed by atoms with E-state index < -0.39 is 0 Å². The van der Waals surface area contributed by atoms with Crippen LogP contribution in [-0.2, 0) is 6.54 Å². The number of carbonyl (C=O) groups excluding carboxylic acids is 1. The number of benzene rings is 2. The lowest BCUT2D eigenvalue weighted by Crippen LogP contribution is -2.40. The van der Waals surface area contributed by atoms with Crippen molar-refractivity contribution < 1.29 is 4.79 Å². The summed E-state index contributed by atoms with van der Waals surface area (Å²) in [5.41, 5.74) is 4.54. The molecular weight excluding hydrogens is 378 g/mol. The molecule has 0 saturated carbocycles. The molecule has 2 aliphatic rings. The van der Waals surface area contributed by atoms with Gasteiger partial charge in [0.25, 0.3) is 5.91 Å². The Balaban J connectivity index is 1.45. The molecule has 1 unspecified atom stereocenters. The number of likely N-dealkylation sites (N-methyl/N-ethyl adjacent to an activating group) is 1. The van der Waals surface area contributed by atoms with Crippen molar-refractivity contribution in [3.63, 3.8) is 0 Å². The SMILES string of the molecule is CCN1CCCC1CNC(=O)c1ccc2c(c1)N(Cc1ccc(C)cc1)CCS2. The molecule has 29 heavy (non-hydrogen) atoms. The van der Waals surface area contributed by atoms with Crippen molar-refractivity contribution in [2.24, 2.45) is 0 Å². The minimum absolute atomic E-state index is 0.0432. The van der Waals surface area contributed by atoms with Crippen LogP contribution in [0.5, 0.6) is 0 Å². The van der Waals surface area contributed by atoms with Crippen LogP contribution in [0.2, 0.25) is 0 Å². The van der Waals surface area contributed by atoms with E-state index in [4.69, 9.17) is 0 Å². The van der Waals surface area contributed by atoms with Crippen molar-refractivity contribution >= 4 is 23.4 Å². The molecule has 4 rings (SSSR count). The number of nitrogens with one attached hydrogen (secondary N) is 1. The predicted molar refractivity (Wildman–Crippen MR) is 122 cm³/mol. The van der Waals surface area contributed by atoms with E-state index in [1.165, 1.54) is 34.6 Å². The maximum absolute atomic E-state index is 12.8. The van der Waals surface area contributed by atoms with Crippen LogP contribution in [0.1, 0.15) is 41.3 Å². The number of hydrogen-bond donors (Lipinski definition) is 1. The highest BCUT2D eigenvalue weighted by Crippen LogP contribution is 2.36. The first kappa shape index (κ1) is 20.3. The standard InChI is InChI=1S/C24H31N3OS/c1-3-26-12-4-5-21(26)16-25-24(28)20-10-11-23-22(15-20)27(13-14-29-23)17-19-8-6-18(2)7-9-19/h6-11,15,21H,3-5,12-14,16-17H2,1-2H3,(H,25,28). The molecule has 0 aromatic heterocycles. The van der Waals surface area contributed by atoms with E-state index in [0.29, 0.717) is 6.04 Å². The number of thioether (sulfide) groups is 1. The van der Waals surface area contributed by atoms with Gasteiger partial charge in [-0.3, -0.25) is 9.69 Å². The highest BCUT2D eigenvalue weighted by atomic mass is 32.2. The zero-order chi connectivity index (χ0) is 20.2. The van der Waals surface area contributed by atoms with Gasteiger partial charge in [0.05, 0.1) is 5.69 Å². The summed E-state index contributed by atoms with van der Waals surface area (Å²) >= 11 is 1.88. The van der Waals surface area contributed by atoms with Crippen LogP contribution in [0, 0.1) is 6.92 Å². The Hall–Kier alpha value is -1.98. The number of hydrogen-bond acceptors (Lipinski definition) is 4. The third kappa shape index (κ3) is 4.78. The number of rotatable bonds is 6. The van der Waals surface area contributed by atoms with Crippen molar-refractivity contribution in [3.05, 3.63) is 59.2 Å². The highest BCUT2D eigenvalue weighted by Gasteiger charge is 2.24. The minimum Gasteiger partial charge on any atom is -0.365 e. The Morgan fingerprint density at radius 2 is 2.00 bits per heavy atom. The van der Waals surface area contributed by atoms with Crippen molar-refractivity contribution in [1.82, 2.24) is 10.2 Å². The van der Waals surface area contributed by atoms with Crippen LogP contribution in [0.3, 0.4) is 0 Å². The molecular formula is C24H31N3OS. The van der Waals surface area contributed by atoms with Gasteiger partial charge in [-0.1, -0.05) is 36.8 Å². The summed E-state index contributed by atoms with van der Waals surface area (Å²) in [5.74, 6) is 1.13. The van der Waals surface area contributed by atoms with Gasteiger partial charge in [0.1, 0.15) is 0 Å². The maximum Gasteiger partial charge on any atom is 0.251 e. The molecule has 0 aliphatic carbocycles. The number of carbonyl (C=O) groups is 1. The van der Waals surface area contributed by atoms with Crippen LogP contribution in [0.4, 0.5) is 5.69 Å². The van der Waals surface area contributed by atoms with Crippen LogP contribution in [0.25, 0.3) is 0 Å². The summed E-state index contributed by atoms with van der Waals surface area (Å²) < 4.78 is 0. The van der Waals surface area contributed by atoms with Gasteiger partial charge in [-0.2, -0.15) is 0 Å². The van der Waals surface area contributed by atoms with Crippen molar-refractivity contribution in [2.45, 2.75) is 44.2 Å². The number of aryl methyl sites for hydroxylation is 1. The predicted octanol–water partition coefficient (Wildman–Crippen LogP) is 4.32. The van der Waals surface area contributed by atoms with Crippen LogP contribution >= 0.6 is 11.8 Å². The molecule has 2 aromatic rings. The van der Waals surface area contributed by atoms with Crippen molar-refractivity contribution in [1.29, 1.82) is 0 Å². The lowest BCUT2D eigenvalue weighted by atomic mass is 10.1. The summed E-state index contributed by atoms with van der Waals surface area (Å²) in [7, 11) is 0. The molecule has 0 bridgehead atoms. The lowest BCUT2D eigenvalue weighted by molar-refractivity contribution is 0.0941. The van der Waals surface area contributed by atoms with E-state index in [1.807, 2.05) is 17.8 Å². The second-order valence-electron chi connectivity index (χ2n) is 8.07. The summed E-state index contributed by atoms with van der Waals surface area (Å²) in [6, 6.07) is 15.4. The van der Waals surface area contributed by atoms with E-state index in [9.17, 15) is 4.79 Å². The fraction of sp³-hybridized carbons (Fsp3) is 0.458. The third-order valence-corrected chi connectivity index (χ3v) is 7.12. The zero-order valence-electron chi connectivity index (χ0n) is 17.5. The van der Waals surface area contributed by atoms with E-state index in [2.05, 4.69) is 65.4 Å². The zero-order valence-corrected chi connectivity index (χ0v) is 18.3. The summed E-state index contributed by atoms with van der Waals surface area (Å²) in [6.07, 6.45) is 2.41. The highest BCUT2D eigenvalue weighted by molar-refractivity contribution is 7.99. The first-order valence-corrected chi connectivity index (χ1v) is 11.7. The van der Waals surface area contributed by atoms with Gasteiger partial charge < -0.3 is 10.2 Å². The van der Waals surface area contributed by atoms with E-state index in [1.54, 1.807) is 0 Å². The molecule has 1 saturated heterocycles. The normalized spacial score (nSPS) is 19.2. The van der Waals surface area contributed by atoms with E-state index in [0.717, 1.165) is 44.0 Å². The fourth-order valence-corrected chi connectivity index (χ4v) is 5.38. The Morgan fingerprint density at radius 3 is 2.79 bits per heavy atom. The Morgan fingerprint density at radius 1 is 1.17 bits per heavy atom. The van der Waals surface area contributed by atoms with Crippen molar-refractivity contribution in [2.75, 3.05) is 36.8 Å². The molecule has 1 N–H and O–H groups in total. The van der Waals surface area contributed by atoms with Gasteiger partial charge in [-0.25, -0.2) is 0 Å². The first-order valence-electron chi connectivity index (χ1n) is 10.7.